The van der Waals surface area contributed by atoms with Crippen LogP contribution in [0, 0.1) is 0 Å². The predicted molar refractivity (Wildman–Crippen MR) is 48.8 cm³/mol. The molecule has 0 heterocycles. The highest BCUT2D eigenvalue weighted by Gasteiger charge is 2.13. The van der Waals surface area contributed by atoms with E-state index in [0.29, 0.717) is 0 Å². The molecule has 4 N–H and O–H groups in total. The molecule has 0 saturated heterocycles. The van der Waals surface area contributed by atoms with E-state index in [-0.39, 0.29) is 5.91 Å². The predicted octanol–water partition coefficient (Wildman–Crippen LogP) is -1.56. The Morgan fingerprint density at radius 1 is 1.40 bits per heavy atom. The number of hydroxylamine groups is 1. The molecular formula is C7H13N3O5. The zero-order valence-corrected chi connectivity index (χ0v) is 8.36. The lowest BCUT2D eigenvalue weighted by Crippen LogP contribution is -2.47. The molecule has 3 amide bonds. The van der Waals surface area contributed by atoms with E-state index in [2.05, 4.69) is 15.5 Å². The molecule has 0 bridgehead atoms. The first-order valence-electron chi connectivity index (χ1n) is 4.09. The van der Waals surface area contributed by atoms with Crippen molar-refractivity contribution in [1.82, 2.24) is 16.1 Å². The van der Waals surface area contributed by atoms with E-state index >= 15 is 0 Å². The molecule has 0 aromatic heterocycles. The van der Waals surface area contributed by atoms with Crippen LogP contribution < -0.4 is 16.1 Å². The quantitative estimate of drug-likeness (QED) is 0.417. The number of hydrogen-bond donors (Lipinski definition) is 4. The van der Waals surface area contributed by atoms with Gasteiger partial charge in [0.1, 0.15) is 6.04 Å². The Morgan fingerprint density at radius 2 is 2.00 bits per heavy atom. The average molecular weight is 219 g/mol. The lowest BCUT2D eigenvalue weighted by Gasteiger charge is -2.12. The standard InChI is InChI=1S/C7H13N3O5/c1-4(6(13)8-2)9-7(14)10-15-3-5(11)12/h4H,3H2,1-2H3,(H,8,13)(H,11,12)(H2,9,10,14). The van der Waals surface area contributed by atoms with Gasteiger partial charge in [-0.1, -0.05) is 0 Å². The van der Waals surface area contributed by atoms with E-state index in [4.69, 9.17) is 5.11 Å². The molecule has 0 saturated carbocycles. The number of carboxylic acids is 1. The van der Waals surface area contributed by atoms with Crippen molar-refractivity contribution in [3.05, 3.63) is 0 Å². The van der Waals surface area contributed by atoms with E-state index in [0.717, 1.165) is 0 Å². The van der Waals surface area contributed by atoms with Gasteiger partial charge in [-0.25, -0.2) is 15.1 Å². The number of nitrogens with one attached hydrogen (secondary N) is 3. The minimum atomic E-state index is -1.21. The van der Waals surface area contributed by atoms with E-state index < -0.39 is 24.6 Å². The van der Waals surface area contributed by atoms with Crippen LogP contribution in [0.15, 0.2) is 0 Å². The Labute approximate surface area is 85.9 Å². The van der Waals surface area contributed by atoms with Gasteiger partial charge < -0.3 is 15.7 Å². The van der Waals surface area contributed by atoms with Gasteiger partial charge in [0.2, 0.25) is 5.91 Å². The average Bonchev–Trinajstić information content (AvgIpc) is 2.15. The Hall–Kier alpha value is -1.83. The number of carboxylic acid groups (broad SMARTS) is 1. The number of urea groups is 1. The maximum Gasteiger partial charge on any atom is 0.339 e. The topological polar surface area (TPSA) is 117 Å². The molecule has 86 valence electrons. The van der Waals surface area contributed by atoms with Crippen molar-refractivity contribution in [1.29, 1.82) is 0 Å². The summed E-state index contributed by atoms with van der Waals surface area (Å²) >= 11 is 0. The lowest BCUT2D eigenvalue weighted by atomic mass is 10.3. The first-order chi connectivity index (χ1) is 6.97. The van der Waals surface area contributed by atoms with Gasteiger partial charge in [0, 0.05) is 7.05 Å². The molecule has 15 heavy (non-hydrogen) atoms. The molecule has 0 fully saturated rings. The van der Waals surface area contributed by atoms with Crippen LogP contribution in [0.1, 0.15) is 6.92 Å². The largest absolute Gasteiger partial charge is 0.479 e. The molecule has 0 aromatic rings. The number of rotatable bonds is 5. The van der Waals surface area contributed by atoms with Crippen LogP contribution in [0.4, 0.5) is 4.79 Å². The van der Waals surface area contributed by atoms with Gasteiger partial charge in [0.05, 0.1) is 0 Å². The fourth-order valence-electron chi connectivity index (χ4n) is 0.672. The van der Waals surface area contributed by atoms with Crippen molar-refractivity contribution in [3.8, 4) is 0 Å². The van der Waals surface area contributed by atoms with Crippen molar-refractivity contribution < 1.29 is 24.3 Å². The normalized spacial score (nSPS) is 11.3. The molecule has 0 aliphatic carbocycles. The molecule has 0 aliphatic rings. The second-order valence-electron chi connectivity index (χ2n) is 2.59. The van der Waals surface area contributed by atoms with Crippen molar-refractivity contribution in [2.45, 2.75) is 13.0 Å². The minimum Gasteiger partial charge on any atom is -0.479 e. The molecule has 8 heteroatoms. The van der Waals surface area contributed by atoms with Crippen LogP contribution in [0.25, 0.3) is 0 Å². The summed E-state index contributed by atoms with van der Waals surface area (Å²) < 4.78 is 0. The van der Waals surface area contributed by atoms with Crippen LogP contribution in [0.5, 0.6) is 0 Å². The smallest absolute Gasteiger partial charge is 0.339 e. The summed E-state index contributed by atoms with van der Waals surface area (Å²) in [5.74, 6) is -1.59. The number of carbonyl (C=O) groups excluding carboxylic acids is 2. The summed E-state index contributed by atoms with van der Waals surface area (Å²) in [5, 5.41) is 12.7. The highest BCUT2D eigenvalue weighted by Crippen LogP contribution is 1.81. The zero-order valence-electron chi connectivity index (χ0n) is 8.36. The van der Waals surface area contributed by atoms with Crippen LogP contribution in [0.3, 0.4) is 0 Å². The molecule has 1 unspecified atom stereocenters. The summed E-state index contributed by atoms with van der Waals surface area (Å²) in [6, 6.07) is -1.52. The third kappa shape index (κ3) is 6.27. The van der Waals surface area contributed by atoms with E-state index in [1.165, 1.54) is 14.0 Å². The van der Waals surface area contributed by atoms with E-state index in [1.54, 1.807) is 0 Å². The Morgan fingerprint density at radius 3 is 2.47 bits per heavy atom. The fraction of sp³-hybridized carbons (Fsp3) is 0.571. The number of aliphatic carboxylic acids is 1. The maximum atomic E-state index is 10.9. The monoisotopic (exact) mass is 219 g/mol. The third-order valence-corrected chi connectivity index (χ3v) is 1.35. The SMILES string of the molecule is CNC(=O)C(C)NC(=O)NOCC(=O)O. The van der Waals surface area contributed by atoms with E-state index in [1.807, 2.05) is 5.48 Å². The molecule has 0 spiro atoms. The Balaban J connectivity index is 3.74. The molecule has 0 aliphatic heterocycles. The number of hydrogen-bond acceptors (Lipinski definition) is 4. The van der Waals surface area contributed by atoms with Gasteiger partial charge in [0.15, 0.2) is 6.61 Å². The first-order valence-corrected chi connectivity index (χ1v) is 4.09. The van der Waals surface area contributed by atoms with Crippen molar-refractivity contribution in [2.24, 2.45) is 0 Å². The van der Waals surface area contributed by atoms with Gasteiger partial charge in [-0.3, -0.25) is 9.63 Å². The molecule has 0 rings (SSSR count). The van der Waals surface area contributed by atoms with Crippen molar-refractivity contribution in [3.63, 3.8) is 0 Å². The molecule has 0 aromatic carbocycles. The van der Waals surface area contributed by atoms with Gasteiger partial charge >= 0.3 is 12.0 Å². The van der Waals surface area contributed by atoms with Gasteiger partial charge in [-0.2, -0.15) is 0 Å². The highest BCUT2D eigenvalue weighted by molar-refractivity contribution is 5.86. The zero-order chi connectivity index (χ0) is 11.8. The maximum absolute atomic E-state index is 10.9. The molecule has 1 atom stereocenters. The number of likely N-dealkylation sites (N-methyl/N-ethyl adjacent to an activating group) is 1. The van der Waals surface area contributed by atoms with Gasteiger partial charge in [0.25, 0.3) is 0 Å². The minimum absolute atomic E-state index is 0.372. The number of amides is 3. The fourth-order valence-corrected chi connectivity index (χ4v) is 0.672. The van der Waals surface area contributed by atoms with Crippen LogP contribution in [-0.2, 0) is 14.4 Å². The summed E-state index contributed by atoms with van der Waals surface area (Å²) in [4.78, 5) is 36.2. The highest BCUT2D eigenvalue weighted by atomic mass is 16.7. The summed E-state index contributed by atoms with van der Waals surface area (Å²) in [6.45, 7) is 0.817. The first kappa shape index (κ1) is 13.2. The Kier molecular flexibility index (Phi) is 5.79. The molecule has 8 nitrogen and oxygen atoms in total. The van der Waals surface area contributed by atoms with Gasteiger partial charge in [-0.15, -0.1) is 0 Å². The third-order valence-electron chi connectivity index (χ3n) is 1.35. The molecule has 0 radical (unpaired) electrons. The van der Waals surface area contributed by atoms with E-state index in [9.17, 15) is 14.4 Å². The number of carbonyl (C=O) groups is 3. The second-order valence-corrected chi connectivity index (χ2v) is 2.59. The summed E-state index contributed by atoms with van der Waals surface area (Å²) in [6.07, 6.45) is 0. The van der Waals surface area contributed by atoms with Gasteiger partial charge in [-0.05, 0) is 6.92 Å². The van der Waals surface area contributed by atoms with Crippen LogP contribution >= 0.6 is 0 Å². The lowest BCUT2D eigenvalue weighted by molar-refractivity contribution is -0.144. The van der Waals surface area contributed by atoms with Crippen LogP contribution in [0.2, 0.25) is 0 Å². The second kappa shape index (κ2) is 6.60. The summed E-state index contributed by atoms with van der Waals surface area (Å²) in [5.41, 5.74) is 1.81. The Bertz CT molecular complexity index is 255. The summed E-state index contributed by atoms with van der Waals surface area (Å²) in [7, 11) is 1.43. The van der Waals surface area contributed by atoms with Crippen LogP contribution in [-0.4, -0.2) is 42.7 Å². The van der Waals surface area contributed by atoms with Crippen molar-refractivity contribution in [2.75, 3.05) is 13.7 Å². The van der Waals surface area contributed by atoms with Crippen molar-refractivity contribution >= 4 is 17.9 Å². The molecular weight excluding hydrogens is 206 g/mol.